The number of hydrogen-bond donors (Lipinski definition) is 0. The quantitative estimate of drug-likeness (QED) is 0.840. The first-order valence-corrected chi connectivity index (χ1v) is 7.04. The van der Waals surface area contributed by atoms with Gasteiger partial charge in [-0.25, -0.2) is 0 Å². The first-order valence-electron chi connectivity index (χ1n) is 5.40. The zero-order valence-electron chi connectivity index (χ0n) is 9.65. The molecule has 1 fully saturated rings. The molecule has 2 rings (SSSR count). The van der Waals surface area contributed by atoms with E-state index in [2.05, 4.69) is 0 Å². The van der Waals surface area contributed by atoms with Crippen molar-refractivity contribution in [3.05, 3.63) is 28.2 Å². The summed E-state index contributed by atoms with van der Waals surface area (Å²) in [7, 11) is 0. The number of amides is 1. The summed E-state index contributed by atoms with van der Waals surface area (Å²) in [5.74, 6) is -0.0521. The number of carbonyl (C=O) groups is 2. The molecule has 1 aromatic rings. The number of thioether (sulfide) groups is 1. The van der Waals surface area contributed by atoms with Crippen LogP contribution in [-0.2, 0) is 9.59 Å². The average molecular weight is 304 g/mol. The summed E-state index contributed by atoms with van der Waals surface area (Å²) in [6.45, 7) is 1.97. The largest absolute Gasteiger partial charge is 0.308 e. The van der Waals surface area contributed by atoms with E-state index in [1.165, 1.54) is 18.7 Å². The van der Waals surface area contributed by atoms with E-state index in [0.29, 0.717) is 28.7 Å². The second kappa shape index (κ2) is 5.51. The van der Waals surface area contributed by atoms with Crippen molar-refractivity contribution in [1.29, 1.82) is 0 Å². The normalized spacial score (nSPS) is 19.4. The predicted octanol–water partition coefficient (Wildman–Crippen LogP) is 3.38. The monoisotopic (exact) mass is 303 g/mol. The molecule has 6 heteroatoms. The van der Waals surface area contributed by atoms with Crippen LogP contribution in [0.4, 0.5) is 5.69 Å². The van der Waals surface area contributed by atoms with Crippen molar-refractivity contribution in [3.63, 3.8) is 0 Å². The summed E-state index contributed by atoms with van der Waals surface area (Å²) >= 11 is 13.3. The zero-order valence-corrected chi connectivity index (χ0v) is 12.0. The van der Waals surface area contributed by atoms with Gasteiger partial charge in [0.05, 0.1) is 15.7 Å². The smallest absolute Gasteiger partial charge is 0.228 e. The van der Waals surface area contributed by atoms with Crippen LogP contribution in [0.5, 0.6) is 0 Å². The van der Waals surface area contributed by atoms with E-state index >= 15 is 0 Å². The fraction of sp³-hybridized carbons (Fsp3) is 0.333. The third-order valence-corrected chi connectivity index (χ3v) is 4.22. The maximum atomic E-state index is 12.0. The summed E-state index contributed by atoms with van der Waals surface area (Å²) < 4.78 is 0. The van der Waals surface area contributed by atoms with Crippen molar-refractivity contribution in [2.24, 2.45) is 0 Å². The summed E-state index contributed by atoms with van der Waals surface area (Å²) in [6, 6.07) is 5.12. The lowest BCUT2D eigenvalue weighted by molar-refractivity contribution is -0.117. The maximum Gasteiger partial charge on any atom is 0.228 e. The molecule has 1 unspecified atom stereocenters. The van der Waals surface area contributed by atoms with Gasteiger partial charge < -0.3 is 4.90 Å². The topological polar surface area (TPSA) is 37.4 Å². The van der Waals surface area contributed by atoms with Gasteiger partial charge in [-0.05, 0) is 12.1 Å². The highest BCUT2D eigenvalue weighted by atomic mass is 35.5. The van der Waals surface area contributed by atoms with E-state index in [9.17, 15) is 9.59 Å². The Morgan fingerprint density at radius 3 is 2.56 bits per heavy atom. The third kappa shape index (κ3) is 2.82. The molecule has 1 aliphatic heterocycles. The molecule has 96 valence electrons. The van der Waals surface area contributed by atoms with Gasteiger partial charge in [0.15, 0.2) is 5.12 Å². The number of nitrogens with zero attached hydrogens (tertiary/aromatic N) is 1. The molecule has 0 spiro atoms. The number of para-hydroxylation sites is 1. The van der Waals surface area contributed by atoms with Crippen molar-refractivity contribution in [2.45, 2.75) is 18.6 Å². The Morgan fingerprint density at radius 1 is 1.39 bits per heavy atom. The van der Waals surface area contributed by atoms with Crippen LogP contribution in [0.25, 0.3) is 0 Å². The number of carbonyl (C=O) groups excluding carboxylic acids is 2. The molecule has 1 atom stereocenters. The van der Waals surface area contributed by atoms with Gasteiger partial charge in [-0.15, -0.1) is 0 Å². The lowest BCUT2D eigenvalue weighted by atomic mass is 10.3. The number of benzene rings is 1. The molecule has 0 radical (unpaired) electrons. The summed E-state index contributed by atoms with van der Waals surface area (Å²) in [5, 5.41) is 0.885. The third-order valence-electron chi connectivity index (χ3n) is 2.63. The van der Waals surface area contributed by atoms with E-state index in [1.807, 2.05) is 0 Å². The van der Waals surface area contributed by atoms with Crippen LogP contribution in [0.3, 0.4) is 0 Å². The Hall–Kier alpha value is -0.710. The minimum absolute atomic E-state index is 0.0138. The fourth-order valence-electron chi connectivity index (χ4n) is 1.95. The maximum absolute atomic E-state index is 12.0. The van der Waals surface area contributed by atoms with Gasteiger partial charge in [-0.2, -0.15) is 0 Å². The molecule has 0 aliphatic carbocycles. The Labute approximate surface area is 119 Å². The summed E-state index contributed by atoms with van der Waals surface area (Å²) in [5.41, 5.74) is 0.539. The van der Waals surface area contributed by atoms with Crippen molar-refractivity contribution in [1.82, 2.24) is 0 Å². The molecule has 0 saturated carbocycles. The Bertz CT molecular complexity index is 487. The highest BCUT2D eigenvalue weighted by Gasteiger charge is 2.33. The number of halogens is 2. The summed E-state index contributed by atoms with van der Waals surface area (Å²) in [4.78, 5) is 24.6. The minimum atomic E-state index is -0.0521. The zero-order chi connectivity index (χ0) is 13.3. The highest BCUT2D eigenvalue weighted by Crippen LogP contribution is 2.37. The van der Waals surface area contributed by atoms with Crippen LogP contribution in [0.1, 0.15) is 13.3 Å². The van der Waals surface area contributed by atoms with Crippen LogP contribution >= 0.6 is 35.0 Å². The van der Waals surface area contributed by atoms with Crippen LogP contribution in [0.2, 0.25) is 10.0 Å². The van der Waals surface area contributed by atoms with Crippen molar-refractivity contribution >= 4 is 51.7 Å². The Balaban J connectivity index is 2.24. The van der Waals surface area contributed by atoms with Crippen LogP contribution in [0.15, 0.2) is 18.2 Å². The molecule has 1 aromatic carbocycles. The van der Waals surface area contributed by atoms with Gasteiger partial charge in [0, 0.05) is 25.1 Å². The Kier molecular flexibility index (Phi) is 4.20. The van der Waals surface area contributed by atoms with Gasteiger partial charge in [0.1, 0.15) is 0 Å². The summed E-state index contributed by atoms with van der Waals surface area (Å²) in [6.07, 6.45) is 0.339. The number of anilines is 1. The first-order chi connectivity index (χ1) is 8.49. The molecular weight excluding hydrogens is 293 g/mol. The molecule has 0 bridgehead atoms. The molecule has 1 aliphatic rings. The molecular formula is C12H11Cl2NO2S. The SMILES string of the molecule is CC(=O)SC1CC(=O)N(c2c(Cl)cccc2Cl)C1. The molecule has 0 aromatic heterocycles. The van der Waals surface area contributed by atoms with E-state index in [4.69, 9.17) is 23.2 Å². The van der Waals surface area contributed by atoms with Crippen LogP contribution in [0, 0.1) is 0 Å². The van der Waals surface area contributed by atoms with E-state index < -0.39 is 0 Å². The molecule has 18 heavy (non-hydrogen) atoms. The minimum Gasteiger partial charge on any atom is -0.308 e. The standard InChI is InChI=1S/C12H11Cl2NO2S/c1-7(16)18-8-5-11(17)15(6-8)12-9(13)3-2-4-10(12)14/h2-4,8H,5-6H2,1H3. The van der Waals surface area contributed by atoms with Gasteiger partial charge in [-0.1, -0.05) is 41.0 Å². The number of hydrogen-bond acceptors (Lipinski definition) is 3. The molecule has 0 N–H and O–H groups in total. The Morgan fingerprint density at radius 2 is 2.00 bits per heavy atom. The van der Waals surface area contributed by atoms with E-state index in [1.54, 1.807) is 23.1 Å². The van der Waals surface area contributed by atoms with E-state index in [-0.39, 0.29) is 16.3 Å². The molecule has 1 heterocycles. The lowest BCUT2D eigenvalue weighted by Gasteiger charge is -2.19. The van der Waals surface area contributed by atoms with Crippen LogP contribution in [-0.4, -0.2) is 22.8 Å². The molecule has 1 saturated heterocycles. The molecule has 1 amide bonds. The average Bonchev–Trinajstić information content (AvgIpc) is 2.58. The lowest BCUT2D eigenvalue weighted by Crippen LogP contribution is -2.25. The highest BCUT2D eigenvalue weighted by molar-refractivity contribution is 8.14. The van der Waals surface area contributed by atoms with Crippen LogP contribution < -0.4 is 4.90 Å². The van der Waals surface area contributed by atoms with E-state index in [0.717, 1.165) is 0 Å². The van der Waals surface area contributed by atoms with Crippen molar-refractivity contribution in [2.75, 3.05) is 11.4 Å². The van der Waals surface area contributed by atoms with Crippen molar-refractivity contribution in [3.8, 4) is 0 Å². The first kappa shape index (κ1) is 13.7. The van der Waals surface area contributed by atoms with Gasteiger partial charge in [0.25, 0.3) is 0 Å². The van der Waals surface area contributed by atoms with Gasteiger partial charge in [0.2, 0.25) is 5.91 Å². The molecule has 3 nitrogen and oxygen atoms in total. The van der Waals surface area contributed by atoms with Crippen molar-refractivity contribution < 1.29 is 9.59 Å². The second-order valence-corrected chi connectivity index (χ2v) is 6.30. The van der Waals surface area contributed by atoms with Gasteiger partial charge in [-0.3, -0.25) is 9.59 Å². The predicted molar refractivity (Wildman–Crippen MR) is 75.5 cm³/mol. The second-order valence-electron chi connectivity index (χ2n) is 4.01. The fourth-order valence-corrected chi connectivity index (χ4v) is 3.47. The van der Waals surface area contributed by atoms with Gasteiger partial charge >= 0.3 is 0 Å². The number of rotatable bonds is 2.